The Balaban J connectivity index is 2.80. The third-order valence-corrected chi connectivity index (χ3v) is 3.03. The van der Waals surface area contributed by atoms with E-state index in [2.05, 4.69) is 5.16 Å². The molecule has 0 aliphatic heterocycles. The van der Waals surface area contributed by atoms with Crippen molar-refractivity contribution >= 4 is 11.7 Å². The maximum atomic E-state index is 12.5. The third-order valence-electron chi connectivity index (χ3n) is 3.03. The molecule has 0 heterocycles. The van der Waals surface area contributed by atoms with Crippen LogP contribution in [0.5, 0.6) is 5.75 Å². The number of amidine groups is 1. The van der Waals surface area contributed by atoms with Crippen molar-refractivity contribution in [3.05, 3.63) is 29.8 Å². The second kappa shape index (κ2) is 8.14. The molecule has 6 heteroatoms. The van der Waals surface area contributed by atoms with Crippen molar-refractivity contribution in [2.24, 2.45) is 10.9 Å². The molecule has 0 saturated carbocycles. The van der Waals surface area contributed by atoms with Gasteiger partial charge in [-0.25, -0.2) is 0 Å². The standard InChI is InChI=1S/C15H23N3O3/c1-4-21-13-7-5-12(6-8-13)15(19)18(11(2)3)10-9-14(16)17-20/h5-8,11,20H,4,9-10H2,1-3H3,(H2,16,17). The molecule has 0 aliphatic rings. The van der Waals surface area contributed by atoms with Crippen LogP contribution in [0.15, 0.2) is 29.4 Å². The first-order valence-corrected chi connectivity index (χ1v) is 6.99. The number of carbonyl (C=O) groups is 1. The van der Waals surface area contributed by atoms with Crippen molar-refractivity contribution in [1.82, 2.24) is 4.90 Å². The molecule has 0 fully saturated rings. The Kier molecular flexibility index (Phi) is 6.52. The van der Waals surface area contributed by atoms with Gasteiger partial charge in [0, 0.05) is 24.6 Å². The highest BCUT2D eigenvalue weighted by atomic mass is 16.5. The Bertz CT molecular complexity index is 483. The van der Waals surface area contributed by atoms with Gasteiger partial charge in [0.25, 0.3) is 5.91 Å². The van der Waals surface area contributed by atoms with Crippen molar-refractivity contribution in [2.75, 3.05) is 13.2 Å². The molecule has 3 N–H and O–H groups in total. The summed E-state index contributed by atoms with van der Waals surface area (Å²) in [5, 5.41) is 11.5. The quantitative estimate of drug-likeness (QED) is 0.348. The number of rotatable bonds is 7. The van der Waals surface area contributed by atoms with Crippen LogP contribution in [0.4, 0.5) is 0 Å². The topological polar surface area (TPSA) is 88.2 Å². The molecular formula is C15H23N3O3. The number of benzene rings is 1. The minimum absolute atomic E-state index is 0.0237. The second-order valence-corrected chi connectivity index (χ2v) is 4.89. The van der Waals surface area contributed by atoms with E-state index in [1.165, 1.54) is 0 Å². The van der Waals surface area contributed by atoms with Crippen LogP contribution in [0.25, 0.3) is 0 Å². The van der Waals surface area contributed by atoms with Gasteiger partial charge < -0.3 is 20.6 Å². The van der Waals surface area contributed by atoms with Crippen LogP contribution in [0.1, 0.15) is 37.6 Å². The highest BCUT2D eigenvalue weighted by Gasteiger charge is 2.19. The molecule has 1 aromatic carbocycles. The Labute approximate surface area is 125 Å². The van der Waals surface area contributed by atoms with E-state index >= 15 is 0 Å². The monoisotopic (exact) mass is 293 g/mol. The first kappa shape index (κ1) is 16.8. The maximum Gasteiger partial charge on any atom is 0.254 e. The predicted octanol–water partition coefficient (Wildman–Crippen LogP) is 2.07. The lowest BCUT2D eigenvalue weighted by atomic mass is 10.1. The van der Waals surface area contributed by atoms with Gasteiger partial charge in [-0.1, -0.05) is 5.16 Å². The Morgan fingerprint density at radius 2 is 2.00 bits per heavy atom. The molecule has 0 unspecified atom stereocenters. The van der Waals surface area contributed by atoms with Crippen LogP contribution in [0.2, 0.25) is 0 Å². The molecule has 0 spiro atoms. The van der Waals surface area contributed by atoms with Gasteiger partial charge in [0.15, 0.2) is 0 Å². The molecule has 0 saturated heterocycles. The SMILES string of the molecule is CCOc1ccc(C(=O)N(CCC(N)=NO)C(C)C)cc1. The lowest BCUT2D eigenvalue weighted by molar-refractivity contribution is 0.0711. The molecule has 0 atom stereocenters. The number of hydrogen-bond acceptors (Lipinski definition) is 4. The van der Waals surface area contributed by atoms with Crippen molar-refractivity contribution in [1.29, 1.82) is 0 Å². The Morgan fingerprint density at radius 3 is 2.48 bits per heavy atom. The molecule has 0 aromatic heterocycles. The summed E-state index contributed by atoms with van der Waals surface area (Å²) < 4.78 is 5.36. The number of nitrogens with two attached hydrogens (primary N) is 1. The molecule has 1 amide bonds. The Hall–Kier alpha value is -2.24. The number of nitrogens with zero attached hydrogens (tertiary/aromatic N) is 2. The van der Waals surface area contributed by atoms with Gasteiger partial charge >= 0.3 is 0 Å². The van der Waals surface area contributed by atoms with Crippen LogP contribution < -0.4 is 10.5 Å². The lowest BCUT2D eigenvalue weighted by Gasteiger charge is -2.26. The summed E-state index contributed by atoms with van der Waals surface area (Å²) in [5.41, 5.74) is 6.05. The van der Waals surface area contributed by atoms with Gasteiger partial charge in [0.1, 0.15) is 11.6 Å². The fraction of sp³-hybridized carbons (Fsp3) is 0.467. The molecule has 1 aromatic rings. The zero-order valence-corrected chi connectivity index (χ0v) is 12.7. The van der Waals surface area contributed by atoms with Gasteiger partial charge in [0.2, 0.25) is 0 Å². The van der Waals surface area contributed by atoms with E-state index in [1.807, 2.05) is 20.8 Å². The number of carbonyl (C=O) groups excluding carboxylic acids is 1. The predicted molar refractivity (Wildman–Crippen MR) is 81.8 cm³/mol. The fourth-order valence-electron chi connectivity index (χ4n) is 1.91. The van der Waals surface area contributed by atoms with Gasteiger partial charge in [-0.15, -0.1) is 0 Å². The van der Waals surface area contributed by atoms with Crippen molar-refractivity contribution < 1.29 is 14.7 Å². The van der Waals surface area contributed by atoms with Crippen molar-refractivity contribution in [3.8, 4) is 5.75 Å². The number of oxime groups is 1. The molecule has 21 heavy (non-hydrogen) atoms. The van der Waals surface area contributed by atoms with Crippen LogP contribution in [-0.4, -0.2) is 41.0 Å². The molecule has 0 radical (unpaired) electrons. The summed E-state index contributed by atoms with van der Waals surface area (Å²) in [6.07, 6.45) is 0.331. The largest absolute Gasteiger partial charge is 0.494 e. The van der Waals surface area contributed by atoms with Gasteiger partial charge in [-0.05, 0) is 45.0 Å². The van der Waals surface area contributed by atoms with E-state index in [-0.39, 0.29) is 17.8 Å². The molecule has 6 nitrogen and oxygen atoms in total. The number of amides is 1. The first-order chi connectivity index (χ1) is 9.99. The van der Waals surface area contributed by atoms with Crippen LogP contribution in [-0.2, 0) is 0 Å². The van der Waals surface area contributed by atoms with Gasteiger partial charge in [0.05, 0.1) is 6.61 Å². The van der Waals surface area contributed by atoms with Crippen LogP contribution in [0.3, 0.4) is 0 Å². The van der Waals surface area contributed by atoms with Crippen molar-refractivity contribution in [2.45, 2.75) is 33.2 Å². The minimum atomic E-state index is -0.0845. The summed E-state index contributed by atoms with van der Waals surface area (Å²) in [7, 11) is 0. The van der Waals surface area contributed by atoms with Crippen LogP contribution in [0, 0.1) is 0 Å². The smallest absolute Gasteiger partial charge is 0.254 e. The van der Waals surface area contributed by atoms with E-state index in [1.54, 1.807) is 29.2 Å². The average Bonchev–Trinajstić information content (AvgIpc) is 2.47. The highest BCUT2D eigenvalue weighted by molar-refractivity contribution is 5.94. The maximum absolute atomic E-state index is 12.5. The first-order valence-electron chi connectivity index (χ1n) is 6.99. The zero-order valence-electron chi connectivity index (χ0n) is 12.7. The summed E-state index contributed by atoms with van der Waals surface area (Å²) >= 11 is 0. The molecule has 0 aliphatic carbocycles. The van der Waals surface area contributed by atoms with E-state index in [4.69, 9.17) is 15.7 Å². The van der Waals surface area contributed by atoms with Crippen molar-refractivity contribution in [3.63, 3.8) is 0 Å². The molecular weight excluding hydrogens is 270 g/mol. The molecule has 0 bridgehead atoms. The average molecular weight is 293 g/mol. The summed E-state index contributed by atoms with van der Waals surface area (Å²) in [6.45, 7) is 6.76. The second-order valence-electron chi connectivity index (χ2n) is 4.89. The number of hydrogen-bond donors (Lipinski definition) is 2. The van der Waals surface area contributed by atoms with E-state index in [0.29, 0.717) is 25.1 Å². The fourth-order valence-corrected chi connectivity index (χ4v) is 1.91. The van der Waals surface area contributed by atoms with Crippen LogP contribution >= 0.6 is 0 Å². The summed E-state index contributed by atoms with van der Waals surface area (Å²) in [5.74, 6) is 0.765. The minimum Gasteiger partial charge on any atom is -0.494 e. The zero-order chi connectivity index (χ0) is 15.8. The molecule has 116 valence electrons. The van der Waals surface area contributed by atoms with Gasteiger partial charge in [-0.2, -0.15) is 0 Å². The lowest BCUT2D eigenvalue weighted by Crippen LogP contribution is -2.39. The van der Waals surface area contributed by atoms with E-state index in [0.717, 1.165) is 5.75 Å². The van der Waals surface area contributed by atoms with E-state index < -0.39 is 0 Å². The van der Waals surface area contributed by atoms with Gasteiger partial charge in [-0.3, -0.25) is 4.79 Å². The normalized spacial score (nSPS) is 11.5. The highest BCUT2D eigenvalue weighted by Crippen LogP contribution is 2.15. The summed E-state index contributed by atoms with van der Waals surface area (Å²) in [6, 6.07) is 7.06. The summed E-state index contributed by atoms with van der Waals surface area (Å²) in [4.78, 5) is 14.2. The van der Waals surface area contributed by atoms with E-state index in [9.17, 15) is 4.79 Å². The Morgan fingerprint density at radius 1 is 1.38 bits per heavy atom. The third kappa shape index (κ3) is 4.98. The molecule has 1 rings (SSSR count). The number of ether oxygens (including phenoxy) is 1.